The Kier molecular flexibility index (Phi) is 8.32. The van der Waals surface area contributed by atoms with Crippen molar-refractivity contribution in [2.45, 2.75) is 39.2 Å². The number of pyridine rings is 1. The van der Waals surface area contributed by atoms with Gasteiger partial charge in [0.15, 0.2) is 0 Å². The van der Waals surface area contributed by atoms with E-state index in [0.717, 1.165) is 87.0 Å². The quantitative estimate of drug-likeness (QED) is 0.326. The molecule has 0 unspecified atom stereocenters. The van der Waals surface area contributed by atoms with E-state index in [2.05, 4.69) is 51.0 Å². The number of benzene rings is 1. The summed E-state index contributed by atoms with van der Waals surface area (Å²) in [6, 6.07) is 14.6. The summed E-state index contributed by atoms with van der Waals surface area (Å²) in [5, 5.41) is 4.77. The molecule has 4 aromatic rings. The SMILES string of the molecule is CCn1cc(-c2ccnc(Cc3ccc(N4CCN(CC(=O)N5CCCCC5)CC4)cc3)n2)c(-c2cccnc2)n1. The summed E-state index contributed by atoms with van der Waals surface area (Å²) >= 11 is 0. The molecule has 41 heavy (non-hydrogen) atoms. The predicted molar refractivity (Wildman–Crippen MR) is 160 cm³/mol. The van der Waals surface area contributed by atoms with E-state index in [1.165, 1.54) is 17.7 Å². The summed E-state index contributed by atoms with van der Waals surface area (Å²) in [6.45, 7) is 8.96. The molecule has 3 aromatic heterocycles. The Balaban J connectivity index is 1.08. The zero-order valence-electron chi connectivity index (χ0n) is 23.8. The van der Waals surface area contributed by atoms with Crippen LogP contribution < -0.4 is 4.90 Å². The molecule has 0 saturated carbocycles. The molecule has 2 fully saturated rings. The number of nitrogens with zero attached hydrogens (tertiary/aromatic N) is 8. The van der Waals surface area contributed by atoms with Gasteiger partial charge in [-0.15, -0.1) is 0 Å². The molecule has 2 saturated heterocycles. The number of carbonyl (C=O) groups excluding carboxylic acids is 1. The summed E-state index contributed by atoms with van der Waals surface area (Å²) in [5.74, 6) is 1.07. The summed E-state index contributed by atoms with van der Waals surface area (Å²) < 4.78 is 1.94. The van der Waals surface area contributed by atoms with Gasteiger partial charge in [0, 0.05) is 93.8 Å². The highest BCUT2D eigenvalue weighted by atomic mass is 16.2. The number of aromatic nitrogens is 5. The fourth-order valence-electron chi connectivity index (χ4n) is 5.73. The van der Waals surface area contributed by atoms with Gasteiger partial charge in [-0.1, -0.05) is 12.1 Å². The Morgan fingerprint density at radius 3 is 2.44 bits per heavy atom. The summed E-state index contributed by atoms with van der Waals surface area (Å²) in [7, 11) is 0. The Bertz CT molecular complexity index is 1440. The maximum atomic E-state index is 12.7. The van der Waals surface area contributed by atoms with Crippen LogP contribution in [0.5, 0.6) is 0 Å². The first-order valence-corrected chi connectivity index (χ1v) is 14.8. The minimum atomic E-state index is 0.293. The van der Waals surface area contributed by atoms with Crippen LogP contribution in [0.2, 0.25) is 0 Å². The minimum absolute atomic E-state index is 0.293. The third kappa shape index (κ3) is 6.46. The third-order valence-corrected chi connectivity index (χ3v) is 8.11. The lowest BCUT2D eigenvalue weighted by Gasteiger charge is -2.37. The first-order valence-electron chi connectivity index (χ1n) is 14.8. The van der Waals surface area contributed by atoms with Crippen LogP contribution in [0.3, 0.4) is 0 Å². The van der Waals surface area contributed by atoms with Crippen molar-refractivity contribution in [1.82, 2.24) is 34.5 Å². The zero-order chi connectivity index (χ0) is 28.0. The molecule has 2 aliphatic rings. The molecule has 1 amide bonds. The molecule has 0 bridgehead atoms. The maximum Gasteiger partial charge on any atom is 0.236 e. The Morgan fingerprint density at radius 1 is 0.902 bits per heavy atom. The smallest absolute Gasteiger partial charge is 0.236 e. The van der Waals surface area contributed by atoms with Gasteiger partial charge >= 0.3 is 0 Å². The molecule has 2 aliphatic heterocycles. The van der Waals surface area contributed by atoms with Crippen molar-refractivity contribution in [1.29, 1.82) is 0 Å². The zero-order valence-corrected chi connectivity index (χ0v) is 23.8. The fraction of sp³-hybridized carbons (Fsp3) is 0.406. The van der Waals surface area contributed by atoms with E-state index in [0.29, 0.717) is 18.9 Å². The minimum Gasteiger partial charge on any atom is -0.369 e. The van der Waals surface area contributed by atoms with E-state index >= 15 is 0 Å². The lowest BCUT2D eigenvalue weighted by Crippen LogP contribution is -2.50. The van der Waals surface area contributed by atoms with Crippen LogP contribution in [0.25, 0.3) is 22.5 Å². The molecule has 0 radical (unpaired) electrons. The van der Waals surface area contributed by atoms with E-state index in [-0.39, 0.29) is 0 Å². The van der Waals surface area contributed by atoms with Crippen LogP contribution in [-0.4, -0.2) is 86.3 Å². The lowest BCUT2D eigenvalue weighted by atomic mass is 10.1. The second kappa shape index (κ2) is 12.6. The highest BCUT2D eigenvalue weighted by Crippen LogP contribution is 2.29. The van der Waals surface area contributed by atoms with Gasteiger partial charge in [-0.2, -0.15) is 5.10 Å². The molecule has 212 valence electrons. The maximum absolute atomic E-state index is 12.7. The molecule has 1 aromatic carbocycles. The molecule has 5 heterocycles. The van der Waals surface area contributed by atoms with Gasteiger partial charge in [0.1, 0.15) is 11.5 Å². The van der Waals surface area contributed by atoms with E-state index in [1.807, 2.05) is 46.4 Å². The number of piperazine rings is 1. The van der Waals surface area contributed by atoms with Crippen LogP contribution in [-0.2, 0) is 17.8 Å². The van der Waals surface area contributed by atoms with Crippen molar-refractivity contribution in [3.63, 3.8) is 0 Å². The Hall–Kier alpha value is -4.11. The van der Waals surface area contributed by atoms with Crippen LogP contribution >= 0.6 is 0 Å². The van der Waals surface area contributed by atoms with E-state index in [4.69, 9.17) is 10.1 Å². The van der Waals surface area contributed by atoms with E-state index in [9.17, 15) is 4.79 Å². The second-order valence-electron chi connectivity index (χ2n) is 10.9. The van der Waals surface area contributed by atoms with Crippen molar-refractivity contribution < 1.29 is 4.79 Å². The van der Waals surface area contributed by atoms with Gasteiger partial charge in [0.25, 0.3) is 0 Å². The van der Waals surface area contributed by atoms with Gasteiger partial charge in [-0.25, -0.2) is 9.97 Å². The predicted octanol–water partition coefficient (Wildman–Crippen LogP) is 4.15. The highest BCUT2D eigenvalue weighted by molar-refractivity contribution is 5.79. The number of amides is 1. The molecular weight excluding hydrogens is 512 g/mol. The van der Waals surface area contributed by atoms with Crippen molar-refractivity contribution >= 4 is 11.6 Å². The van der Waals surface area contributed by atoms with Gasteiger partial charge in [0.2, 0.25) is 5.91 Å². The summed E-state index contributed by atoms with van der Waals surface area (Å²) in [5.41, 5.74) is 6.09. The van der Waals surface area contributed by atoms with Crippen molar-refractivity contribution in [2.75, 3.05) is 50.7 Å². The molecule has 0 spiro atoms. The first-order chi connectivity index (χ1) is 20.2. The van der Waals surface area contributed by atoms with E-state index < -0.39 is 0 Å². The second-order valence-corrected chi connectivity index (χ2v) is 10.9. The fourth-order valence-corrected chi connectivity index (χ4v) is 5.73. The molecule has 9 nitrogen and oxygen atoms in total. The number of hydrogen-bond donors (Lipinski definition) is 0. The highest BCUT2D eigenvalue weighted by Gasteiger charge is 2.23. The van der Waals surface area contributed by atoms with Crippen LogP contribution in [0, 0.1) is 0 Å². The molecule has 9 heteroatoms. The number of aryl methyl sites for hydroxylation is 1. The largest absolute Gasteiger partial charge is 0.369 e. The average molecular weight is 551 g/mol. The molecule has 0 aliphatic carbocycles. The number of likely N-dealkylation sites (tertiary alicyclic amines) is 1. The van der Waals surface area contributed by atoms with E-state index in [1.54, 1.807) is 6.20 Å². The number of rotatable bonds is 8. The number of piperidine rings is 1. The van der Waals surface area contributed by atoms with Gasteiger partial charge in [-0.3, -0.25) is 19.4 Å². The van der Waals surface area contributed by atoms with Crippen LogP contribution in [0.4, 0.5) is 5.69 Å². The number of hydrogen-bond acceptors (Lipinski definition) is 7. The average Bonchev–Trinajstić information content (AvgIpc) is 3.48. The Morgan fingerprint density at radius 2 is 1.71 bits per heavy atom. The van der Waals surface area contributed by atoms with Gasteiger partial charge < -0.3 is 9.80 Å². The third-order valence-electron chi connectivity index (χ3n) is 8.11. The van der Waals surface area contributed by atoms with Crippen molar-refractivity contribution in [3.8, 4) is 22.5 Å². The van der Waals surface area contributed by atoms with Crippen LogP contribution in [0.15, 0.2) is 67.3 Å². The number of carbonyl (C=O) groups is 1. The molecule has 0 N–H and O–H groups in total. The summed E-state index contributed by atoms with van der Waals surface area (Å²) in [4.78, 5) is 33.2. The molecular formula is C32H38N8O. The van der Waals surface area contributed by atoms with Gasteiger partial charge in [0.05, 0.1) is 12.2 Å². The first kappa shape index (κ1) is 27.1. The van der Waals surface area contributed by atoms with Gasteiger partial charge in [-0.05, 0) is 62.1 Å². The van der Waals surface area contributed by atoms with Crippen molar-refractivity contribution in [2.24, 2.45) is 0 Å². The molecule has 6 rings (SSSR count). The van der Waals surface area contributed by atoms with Crippen molar-refractivity contribution in [3.05, 3.63) is 78.6 Å². The normalized spacial score (nSPS) is 16.2. The summed E-state index contributed by atoms with van der Waals surface area (Å²) in [6.07, 6.45) is 11.7. The van der Waals surface area contributed by atoms with Crippen LogP contribution in [0.1, 0.15) is 37.6 Å². The molecule has 0 atom stereocenters. The monoisotopic (exact) mass is 550 g/mol. The number of anilines is 1. The standard InChI is InChI=1S/C32H38N8O/c1-2-40-23-28(32(36-40)26-7-6-13-33-22-26)29-12-14-34-30(35-29)21-25-8-10-27(11-9-25)38-19-17-37(18-20-38)24-31(41)39-15-4-3-5-16-39/h6-14,22-23H,2-5,15-21,24H2,1H3. The lowest BCUT2D eigenvalue weighted by molar-refractivity contribution is -0.133. The Labute approximate surface area is 241 Å². The topological polar surface area (TPSA) is 83.3 Å².